The summed E-state index contributed by atoms with van der Waals surface area (Å²) in [5.41, 5.74) is 4.53. The van der Waals surface area contributed by atoms with Crippen LogP contribution in [0.4, 0.5) is 4.79 Å². The number of hydrogen-bond donors (Lipinski definition) is 3. The predicted octanol–water partition coefficient (Wildman–Crippen LogP) is 0.540. The normalized spacial score (nSPS) is 12.8. The van der Waals surface area contributed by atoms with E-state index < -0.39 is 11.7 Å². The molecule has 16 heavy (non-hydrogen) atoms. The van der Waals surface area contributed by atoms with Gasteiger partial charge in [-0.15, -0.1) is 0 Å². The van der Waals surface area contributed by atoms with E-state index >= 15 is 0 Å². The van der Waals surface area contributed by atoms with Gasteiger partial charge >= 0.3 is 6.09 Å². The molecule has 0 rings (SSSR count). The van der Waals surface area contributed by atoms with Gasteiger partial charge in [0, 0.05) is 19.5 Å². The zero-order valence-electron chi connectivity index (χ0n) is 10.5. The molecule has 94 valence electrons. The highest BCUT2D eigenvalue weighted by Crippen LogP contribution is 2.05. The SMILES string of the molecule is CNC(=O)C[C@@H](C)NNC(=O)OC(C)(C)C. The van der Waals surface area contributed by atoms with Gasteiger partial charge in [-0.1, -0.05) is 0 Å². The number of ether oxygens (including phenoxy) is 1. The maximum atomic E-state index is 11.2. The van der Waals surface area contributed by atoms with Gasteiger partial charge in [0.25, 0.3) is 0 Å². The van der Waals surface area contributed by atoms with Crippen molar-refractivity contribution in [2.45, 2.75) is 45.8 Å². The van der Waals surface area contributed by atoms with Crippen LogP contribution in [-0.4, -0.2) is 30.7 Å². The molecule has 0 aromatic heterocycles. The highest BCUT2D eigenvalue weighted by Gasteiger charge is 2.16. The second-order valence-corrected chi connectivity index (χ2v) is 4.55. The lowest BCUT2D eigenvalue weighted by Crippen LogP contribution is -2.46. The first-order valence-electron chi connectivity index (χ1n) is 5.19. The van der Waals surface area contributed by atoms with Gasteiger partial charge in [0.05, 0.1) is 0 Å². The Kier molecular flexibility index (Phi) is 5.81. The Morgan fingerprint density at radius 1 is 1.31 bits per heavy atom. The second kappa shape index (κ2) is 6.32. The van der Waals surface area contributed by atoms with Crippen LogP contribution in [0.5, 0.6) is 0 Å². The number of rotatable bonds is 4. The minimum absolute atomic E-state index is 0.0917. The quantitative estimate of drug-likeness (QED) is 0.617. The zero-order chi connectivity index (χ0) is 12.8. The summed E-state index contributed by atoms with van der Waals surface area (Å²) in [6, 6.07) is -0.160. The maximum Gasteiger partial charge on any atom is 0.422 e. The molecule has 0 bridgehead atoms. The zero-order valence-corrected chi connectivity index (χ0v) is 10.5. The number of nitrogens with one attached hydrogen (secondary N) is 3. The van der Waals surface area contributed by atoms with E-state index in [0.717, 1.165) is 0 Å². The van der Waals surface area contributed by atoms with Crippen molar-refractivity contribution in [3.8, 4) is 0 Å². The minimum Gasteiger partial charge on any atom is -0.443 e. The summed E-state index contributed by atoms with van der Waals surface area (Å²) >= 11 is 0. The Labute approximate surface area is 96.1 Å². The van der Waals surface area contributed by atoms with E-state index in [1.807, 2.05) is 0 Å². The average Bonchev–Trinajstić information content (AvgIpc) is 2.12. The molecule has 6 heteroatoms. The van der Waals surface area contributed by atoms with Crippen LogP contribution < -0.4 is 16.2 Å². The molecule has 0 aromatic carbocycles. The lowest BCUT2D eigenvalue weighted by molar-refractivity contribution is -0.121. The van der Waals surface area contributed by atoms with Crippen molar-refractivity contribution in [3.05, 3.63) is 0 Å². The fraction of sp³-hybridized carbons (Fsp3) is 0.800. The van der Waals surface area contributed by atoms with Gasteiger partial charge in [-0.05, 0) is 27.7 Å². The molecule has 0 aliphatic carbocycles. The molecule has 0 spiro atoms. The van der Waals surface area contributed by atoms with Crippen molar-refractivity contribution in [1.29, 1.82) is 0 Å². The first-order chi connectivity index (χ1) is 7.24. The third-order valence-electron chi connectivity index (χ3n) is 1.59. The summed E-state index contributed by atoms with van der Waals surface area (Å²) in [7, 11) is 1.57. The predicted molar refractivity (Wildman–Crippen MR) is 60.7 cm³/mol. The molecule has 3 N–H and O–H groups in total. The van der Waals surface area contributed by atoms with Crippen LogP contribution in [0.15, 0.2) is 0 Å². The Hall–Kier alpha value is -1.30. The molecule has 0 fully saturated rings. The van der Waals surface area contributed by atoms with Gasteiger partial charge in [0.2, 0.25) is 5.91 Å². The number of carbonyl (C=O) groups excluding carboxylic acids is 2. The minimum atomic E-state index is -0.559. The van der Waals surface area contributed by atoms with Gasteiger partial charge in [0.15, 0.2) is 0 Å². The molecule has 1 atom stereocenters. The van der Waals surface area contributed by atoms with E-state index in [1.54, 1.807) is 34.7 Å². The van der Waals surface area contributed by atoms with Crippen LogP contribution in [0.3, 0.4) is 0 Å². The lowest BCUT2D eigenvalue weighted by Gasteiger charge is -2.21. The lowest BCUT2D eigenvalue weighted by atomic mass is 10.2. The van der Waals surface area contributed by atoms with E-state index in [-0.39, 0.29) is 18.4 Å². The van der Waals surface area contributed by atoms with E-state index in [4.69, 9.17) is 4.74 Å². The first kappa shape index (κ1) is 14.7. The standard InChI is InChI=1S/C10H21N3O3/c1-7(6-8(14)11-5)12-13-9(15)16-10(2,3)4/h7,12H,6H2,1-5H3,(H,11,14)(H,13,15)/t7-/m1/s1. The molecule has 0 aliphatic rings. The molecule has 0 unspecified atom stereocenters. The van der Waals surface area contributed by atoms with Gasteiger partial charge in [-0.2, -0.15) is 0 Å². The summed E-state index contributed by atoms with van der Waals surface area (Å²) in [5.74, 6) is -0.0917. The van der Waals surface area contributed by atoms with Gasteiger partial charge < -0.3 is 10.1 Å². The Balaban J connectivity index is 3.79. The Morgan fingerprint density at radius 2 is 1.88 bits per heavy atom. The van der Waals surface area contributed by atoms with E-state index in [1.165, 1.54) is 0 Å². The summed E-state index contributed by atoms with van der Waals surface area (Å²) < 4.78 is 5.01. The molecule has 2 amide bonds. The van der Waals surface area contributed by atoms with Gasteiger partial charge in [0.1, 0.15) is 5.60 Å². The van der Waals surface area contributed by atoms with Crippen molar-refractivity contribution in [2.75, 3.05) is 7.05 Å². The number of amides is 2. The summed E-state index contributed by atoms with van der Waals surface area (Å²) in [6.45, 7) is 7.12. The third kappa shape index (κ3) is 8.05. The van der Waals surface area contributed by atoms with Crippen molar-refractivity contribution in [3.63, 3.8) is 0 Å². The molecule has 0 saturated heterocycles. The van der Waals surface area contributed by atoms with Crippen LogP contribution in [-0.2, 0) is 9.53 Å². The van der Waals surface area contributed by atoms with Crippen LogP contribution in [0.2, 0.25) is 0 Å². The smallest absolute Gasteiger partial charge is 0.422 e. The van der Waals surface area contributed by atoms with Crippen LogP contribution >= 0.6 is 0 Å². The number of carbonyl (C=O) groups is 2. The van der Waals surface area contributed by atoms with E-state index in [2.05, 4.69) is 16.2 Å². The third-order valence-corrected chi connectivity index (χ3v) is 1.59. The molecular weight excluding hydrogens is 210 g/mol. The highest BCUT2D eigenvalue weighted by molar-refractivity contribution is 5.76. The fourth-order valence-electron chi connectivity index (χ4n) is 0.917. The maximum absolute atomic E-state index is 11.2. The first-order valence-corrected chi connectivity index (χ1v) is 5.19. The summed E-state index contributed by atoms with van der Waals surface area (Å²) in [4.78, 5) is 22.2. The molecule has 6 nitrogen and oxygen atoms in total. The Bertz CT molecular complexity index is 248. The molecule has 0 aromatic rings. The van der Waals surface area contributed by atoms with Crippen LogP contribution in [0, 0.1) is 0 Å². The van der Waals surface area contributed by atoms with Crippen molar-refractivity contribution < 1.29 is 14.3 Å². The molecule has 0 aliphatic heterocycles. The van der Waals surface area contributed by atoms with E-state index in [0.29, 0.717) is 0 Å². The molecule has 0 saturated carbocycles. The summed E-state index contributed by atoms with van der Waals surface area (Å²) in [5, 5.41) is 2.50. The van der Waals surface area contributed by atoms with Crippen LogP contribution in [0.1, 0.15) is 34.1 Å². The number of hydrazine groups is 1. The molecule has 0 radical (unpaired) electrons. The van der Waals surface area contributed by atoms with Gasteiger partial charge in [-0.25, -0.2) is 10.2 Å². The largest absolute Gasteiger partial charge is 0.443 e. The second-order valence-electron chi connectivity index (χ2n) is 4.55. The summed E-state index contributed by atoms with van der Waals surface area (Å²) in [6.07, 6.45) is -0.275. The monoisotopic (exact) mass is 231 g/mol. The fourth-order valence-corrected chi connectivity index (χ4v) is 0.917. The molecule has 0 heterocycles. The van der Waals surface area contributed by atoms with Gasteiger partial charge in [-0.3, -0.25) is 10.2 Å². The highest BCUT2D eigenvalue weighted by atomic mass is 16.6. The van der Waals surface area contributed by atoms with E-state index in [9.17, 15) is 9.59 Å². The Morgan fingerprint density at radius 3 is 2.31 bits per heavy atom. The number of hydrogen-bond acceptors (Lipinski definition) is 4. The van der Waals surface area contributed by atoms with Crippen molar-refractivity contribution in [1.82, 2.24) is 16.2 Å². The average molecular weight is 231 g/mol. The van der Waals surface area contributed by atoms with Crippen molar-refractivity contribution in [2.24, 2.45) is 0 Å². The molecular formula is C10H21N3O3. The van der Waals surface area contributed by atoms with Crippen molar-refractivity contribution >= 4 is 12.0 Å². The topological polar surface area (TPSA) is 79.5 Å². The van der Waals surface area contributed by atoms with Crippen LogP contribution in [0.25, 0.3) is 0 Å².